The third-order valence-electron chi connectivity index (χ3n) is 1.20. The van der Waals surface area contributed by atoms with Crippen molar-refractivity contribution in [2.24, 2.45) is 0 Å². The maximum atomic E-state index is 8.86. The molecule has 0 amide bonds. The molecule has 8 heavy (non-hydrogen) atoms. The Kier molecular flexibility index (Phi) is 1.53. The summed E-state index contributed by atoms with van der Waals surface area (Å²) >= 11 is 0. The molecule has 1 aliphatic rings. The Morgan fingerprint density at radius 3 is 3.00 bits per heavy atom. The fourth-order valence-corrected chi connectivity index (χ4v) is 0.745. The summed E-state index contributed by atoms with van der Waals surface area (Å²) in [7, 11) is 0. The second-order valence-corrected chi connectivity index (χ2v) is 2.04. The first kappa shape index (κ1) is 5.63. The second kappa shape index (κ2) is 2.18. The summed E-state index contributed by atoms with van der Waals surface area (Å²) in [6.45, 7) is 2.51. The molecule has 2 heteroatoms. The smallest absolute Gasteiger partial charge is 0.0931 e. The molecular weight excluding hydrogens is 104 g/mol. The van der Waals surface area contributed by atoms with E-state index in [2.05, 4.69) is 0 Å². The van der Waals surface area contributed by atoms with Gasteiger partial charge in [-0.05, 0) is 13.0 Å². The molecule has 0 aliphatic carbocycles. The number of aliphatic hydroxyl groups excluding tert-OH is 1. The number of ether oxygens (including phenoxy) is 1. The molecular formula is C6H10O2. The molecule has 0 saturated heterocycles. The van der Waals surface area contributed by atoms with Gasteiger partial charge >= 0.3 is 0 Å². The van der Waals surface area contributed by atoms with Gasteiger partial charge in [0.1, 0.15) is 0 Å². The van der Waals surface area contributed by atoms with Crippen LogP contribution in [-0.4, -0.2) is 17.8 Å². The molecule has 0 bridgehead atoms. The Morgan fingerprint density at radius 1 is 1.88 bits per heavy atom. The third-order valence-corrected chi connectivity index (χ3v) is 1.20. The fourth-order valence-electron chi connectivity index (χ4n) is 0.745. The van der Waals surface area contributed by atoms with E-state index in [-0.39, 0.29) is 6.10 Å². The maximum absolute atomic E-state index is 8.86. The second-order valence-electron chi connectivity index (χ2n) is 2.04. The highest BCUT2D eigenvalue weighted by molar-refractivity contribution is 4.95. The van der Waals surface area contributed by atoms with E-state index in [0.29, 0.717) is 18.8 Å². The van der Waals surface area contributed by atoms with Crippen LogP contribution in [0.25, 0.3) is 0 Å². The molecule has 1 unspecified atom stereocenters. The van der Waals surface area contributed by atoms with Crippen molar-refractivity contribution in [1.82, 2.24) is 0 Å². The standard InChI is InChI=1S/C6H10O2/c1-5-4-6(7)2-3-8-5/h2,5,7H,3-4H2,1H3. The molecule has 1 N–H and O–H groups in total. The van der Waals surface area contributed by atoms with Crippen LogP contribution in [0.5, 0.6) is 0 Å². The van der Waals surface area contributed by atoms with E-state index >= 15 is 0 Å². The maximum Gasteiger partial charge on any atom is 0.0931 e. The average Bonchev–Trinajstić information content (AvgIpc) is 1.64. The molecule has 0 radical (unpaired) electrons. The van der Waals surface area contributed by atoms with Crippen LogP contribution in [0.1, 0.15) is 13.3 Å². The van der Waals surface area contributed by atoms with Gasteiger partial charge in [0.25, 0.3) is 0 Å². The highest BCUT2D eigenvalue weighted by Crippen LogP contribution is 2.10. The summed E-state index contributed by atoms with van der Waals surface area (Å²) in [5.41, 5.74) is 0. The molecule has 46 valence electrons. The van der Waals surface area contributed by atoms with Crippen LogP contribution in [0.4, 0.5) is 0 Å². The van der Waals surface area contributed by atoms with E-state index in [0.717, 1.165) is 0 Å². The number of hydrogen-bond donors (Lipinski definition) is 1. The van der Waals surface area contributed by atoms with Gasteiger partial charge in [0.2, 0.25) is 0 Å². The Hall–Kier alpha value is -0.500. The van der Waals surface area contributed by atoms with E-state index in [4.69, 9.17) is 9.84 Å². The van der Waals surface area contributed by atoms with Crippen LogP contribution in [-0.2, 0) is 4.74 Å². The molecule has 1 heterocycles. The van der Waals surface area contributed by atoms with Gasteiger partial charge in [-0.1, -0.05) is 0 Å². The Morgan fingerprint density at radius 2 is 2.62 bits per heavy atom. The fraction of sp³-hybridized carbons (Fsp3) is 0.667. The number of aliphatic hydroxyl groups is 1. The zero-order chi connectivity index (χ0) is 5.98. The summed E-state index contributed by atoms with van der Waals surface area (Å²) in [6.07, 6.45) is 2.56. The first-order valence-corrected chi connectivity index (χ1v) is 2.78. The molecule has 2 nitrogen and oxygen atoms in total. The van der Waals surface area contributed by atoms with Crippen molar-refractivity contribution in [1.29, 1.82) is 0 Å². The first-order chi connectivity index (χ1) is 3.79. The summed E-state index contributed by atoms with van der Waals surface area (Å²) in [5, 5.41) is 8.86. The molecule has 0 spiro atoms. The van der Waals surface area contributed by atoms with Crippen molar-refractivity contribution in [3.05, 3.63) is 11.8 Å². The lowest BCUT2D eigenvalue weighted by atomic mass is 10.2. The molecule has 1 atom stereocenters. The van der Waals surface area contributed by atoms with Gasteiger partial charge in [-0.2, -0.15) is 0 Å². The summed E-state index contributed by atoms with van der Waals surface area (Å²) in [4.78, 5) is 0. The van der Waals surface area contributed by atoms with Crippen LogP contribution >= 0.6 is 0 Å². The van der Waals surface area contributed by atoms with Gasteiger partial charge in [-0.25, -0.2) is 0 Å². The quantitative estimate of drug-likeness (QED) is 0.513. The van der Waals surface area contributed by atoms with Crippen LogP contribution < -0.4 is 0 Å². The minimum absolute atomic E-state index is 0.194. The highest BCUT2D eigenvalue weighted by Gasteiger charge is 2.08. The van der Waals surface area contributed by atoms with Gasteiger partial charge in [0.15, 0.2) is 0 Å². The number of hydrogen-bond acceptors (Lipinski definition) is 2. The minimum Gasteiger partial charge on any atom is -0.512 e. The Labute approximate surface area is 48.8 Å². The molecule has 1 rings (SSSR count). The summed E-state index contributed by atoms with van der Waals surface area (Å²) in [5.74, 6) is 0.462. The van der Waals surface area contributed by atoms with E-state index in [9.17, 15) is 0 Å². The lowest BCUT2D eigenvalue weighted by molar-refractivity contribution is 0.0642. The Balaban J connectivity index is 2.45. The molecule has 0 saturated carbocycles. The Bertz CT molecular complexity index is 107. The van der Waals surface area contributed by atoms with Crippen molar-refractivity contribution in [2.75, 3.05) is 6.61 Å². The molecule has 0 aromatic heterocycles. The van der Waals surface area contributed by atoms with E-state index < -0.39 is 0 Å². The third kappa shape index (κ3) is 1.23. The first-order valence-electron chi connectivity index (χ1n) is 2.78. The lowest BCUT2D eigenvalue weighted by Gasteiger charge is -2.15. The van der Waals surface area contributed by atoms with Crippen molar-refractivity contribution < 1.29 is 9.84 Å². The molecule has 0 fully saturated rings. The van der Waals surface area contributed by atoms with Crippen molar-refractivity contribution >= 4 is 0 Å². The average molecular weight is 114 g/mol. The zero-order valence-corrected chi connectivity index (χ0v) is 4.92. The van der Waals surface area contributed by atoms with E-state index in [1.165, 1.54) is 0 Å². The molecule has 0 aromatic carbocycles. The number of rotatable bonds is 0. The van der Waals surface area contributed by atoms with Crippen LogP contribution in [0, 0.1) is 0 Å². The predicted molar refractivity (Wildman–Crippen MR) is 30.7 cm³/mol. The van der Waals surface area contributed by atoms with Crippen molar-refractivity contribution in [2.45, 2.75) is 19.4 Å². The minimum atomic E-state index is 0.194. The highest BCUT2D eigenvalue weighted by atomic mass is 16.5. The summed E-state index contributed by atoms with van der Waals surface area (Å²) in [6, 6.07) is 0. The van der Waals surface area contributed by atoms with Crippen LogP contribution in [0.3, 0.4) is 0 Å². The van der Waals surface area contributed by atoms with Gasteiger partial charge in [-0.15, -0.1) is 0 Å². The van der Waals surface area contributed by atoms with Crippen molar-refractivity contribution in [3.63, 3.8) is 0 Å². The summed E-state index contributed by atoms with van der Waals surface area (Å²) < 4.78 is 5.11. The van der Waals surface area contributed by atoms with Gasteiger partial charge in [0, 0.05) is 6.42 Å². The van der Waals surface area contributed by atoms with Gasteiger partial charge in [0.05, 0.1) is 18.5 Å². The van der Waals surface area contributed by atoms with E-state index in [1.807, 2.05) is 6.92 Å². The zero-order valence-electron chi connectivity index (χ0n) is 4.92. The SMILES string of the molecule is CC1CC(O)=CCO1. The molecule has 0 aromatic rings. The lowest BCUT2D eigenvalue weighted by Crippen LogP contribution is -2.14. The van der Waals surface area contributed by atoms with E-state index in [1.54, 1.807) is 6.08 Å². The monoisotopic (exact) mass is 114 g/mol. The topological polar surface area (TPSA) is 29.5 Å². The van der Waals surface area contributed by atoms with Crippen LogP contribution in [0.2, 0.25) is 0 Å². The van der Waals surface area contributed by atoms with Gasteiger partial charge in [-0.3, -0.25) is 0 Å². The van der Waals surface area contributed by atoms with Crippen LogP contribution in [0.15, 0.2) is 11.8 Å². The van der Waals surface area contributed by atoms with Gasteiger partial charge < -0.3 is 9.84 Å². The predicted octanol–water partition coefficient (Wildman–Crippen LogP) is 1.24. The normalized spacial score (nSPS) is 29.6. The largest absolute Gasteiger partial charge is 0.512 e. The molecule has 1 aliphatic heterocycles. The van der Waals surface area contributed by atoms with Crippen molar-refractivity contribution in [3.8, 4) is 0 Å².